The summed E-state index contributed by atoms with van der Waals surface area (Å²) >= 11 is 0. The van der Waals surface area contributed by atoms with Gasteiger partial charge in [-0.15, -0.1) is 5.10 Å². The minimum Gasteiger partial charge on any atom is -0.439 e. The fourth-order valence-corrected chi connectivity index (χ4v) is 3.86. The van der Waals surface area contributed by atoms with Crippen molar-refractivity contribution in [1.29, 1.82) is 0 Å². The Kier molecular flexibility index (Phi) is 5.01. The fraction of sp³-hybridized carbons (Fsp3) is 0.120. The molecule has 0 fully saturated rings. The lowest BCUT2D eigenvalue weighted by molar-refractivity contribution is 0.0336. The van der Waals surface area contributed by atoms with Gasteiger partial charge in [0.05, 0.1) is 27.8 Å². The molecular formula is C25H18N4O5. The molecule has 4 aromatic rings. The minimum atomic E-state index is -0.768. The average Bonchev–Trinajstić information content (AvgIpc) is 3.09. The number of imide groups is 1. The molecule has 0 saturated heterocycles. The first-order valence-corrected chi connectivity index (χ1v) is 10.4. The summed E-state index contributed by atoms with van der Waals surface area (Å²) in [7, 11) is 0. The summed E-state index contributed by atoms with van der Waals surface area (Å²) in [6.45, 7) is 3.24. The van der Waals surface area contributed by atoms with Gasteiger partial charge < -0.3 is 4.74 Å². The van der Waals surface area contributed by atoms with Crippen molar-refractivity contribution in [3.8, 4) is 0 Å². The Hall–Kier alpha value is -4.66. The predicted octanol–water partition coefficient (Wildman–Crippen LogP) is 3.02. The van der Waals surface area contributed by atoms with Crippen LogP contribution in [0.15, 0.2) is 65.5 Å². The monoisotopic (exact) mass is 454 g/mol. The lowest BCUT2D eigenvalue weighted by Gasteiger charge is -2.17. The van der Waals surface area contributed by atoms with Crippen LogP contribution >= 0.6 is 0 Å². The van der Waals surface area contributed by atoms with Gasteiger partial charge >= 0.3 is 5.97 Å². The van der Waals surface area contributed by atoms with Gasteiger partial charge in [0.1, 0.15) is 5.52 Å². The Balaban J connectivity index is 1.39. The number of carbonyl (C=O) groups excluding carboxylic acids is 3. The molecule has 9 heteroatoms. The summed E-state index contributed by atoms with van der Waals surface area (Å²) in [5.41, 5.74) is 2.58. The summed E-state index contributed by atoms with van der Waals surface area (Å²) in [6, 6.07) is 16.4. The third kappa shape index (κ3) is 3.43. The van der Waals surface area contributed by atoms with E-state index < -0.39 is 30.1 Å². The largest absolute Gasteiger partial charge is 0.439 e. The van der Waals surface area contributed by atoms with Crippen LogP contribution < -0.4 is 10.5 Å². The van der Waals surface area contributed by atoms with Gasteiger partial charge in [-0.3, -0.25) is 14.4 Å². The third-order valence-electron chi connectivity index (χ3n) is 5.68. The Morgan fingerprint density at radius 3 is 2.50 bits per heavy atom. The molecule has 3 aromatic carbocycles. The molecule has 0 spiro atoms. The van der Waals surface area contributed by atoms with Gasteiger partial charge in [0.25, 0.3) is 17.4 Å². The number of carbonyl (C=O) groups is 3. The molecule has 5 rings (SSSR count). The highest BCUT2D eigenvalue weighted by Gasteiger charge is 2.38. The van der Waals surface area contributed by atoms with E-state index >= 15 is 0 Å². The number of fused-ring (bicyclic) bond motifs is 2. The number of anilines is 1. The number of nitrogens with zero attached hydrogens (tertiary/aromatic N) is 4. The van der Waals surface area contributed by atoms with Crippen LogP contribution in [0.3, 0.4) is 0 Å². The maximum atomic E-state index is 13.1. The molecule has 2 amide bonds. The van der Waals surface area contributed by atoms with Gasteiger partial charge in [-0.25, -0.2) is 9.69 Å². The number of esters is 1. The number of rotatable bonds is 4. The van der Waals surface area contributed by atoms with Crippen LogP contribution in [0.2, 0.25) is 0 Å². The lowest BCUT2D eigenvalue weighted by Crippen LogP contribution is -2.30. The zero-order chi connectivity index (χ0) is 24.0. The first-order valence-electron chi connectivity index (χ1n) is 10.4. The molecule has 0 atom stereocenters. The molecular weight excluding hydrogens is 436 g/mol. The van der Waals surface area contributed by atoms with Gasteiger partial charge in [-0.2, -0.15) is 4.68 Å². The van der Waals surface area contributed by atoms with Crippen LogP contribution in [-0.4, -0.2) is 32.8 Å². The maximum absolute atomic E-state index is 13.1. The average molecular weight is 454 g/mol. The second kappa shape index (κ2) is 8.04. The van der Waals surface area contributed by atoms with Gasteiger partial charge in [-0.05, 0) is 61.4 Å². The second-order valence-electron chi connectivity index (χ2n) is 7.97. The third-order valence-corrected chi connectivity index (χ3v) is 5.68. The van der Waals surface area contributed by atoms with Crippen LogP contribution in [0.4, 0.5) is 5.69 Å². The minimum absolute atomic E-state index is 0.0736. The Bertz CT molecular complexity index is 1570. The Labute approximate surface area is 193 Å². The summed E-state index contributed by atoms with van der Waals surface area (Å²) in [5, 5.41) is 8.07. The number of aromatic nitrogens is 3. The highest BCUT2D eigenvalue weighted by Crippen LogP contribution is 2.31. The lowest BCUT2D eigenvalue weighted by atomic mass is 10.1. The van der Waals surface area contributed by atoms with Gasteiger partial charge in [0.2, 0.25) is 0 Å². The highest BCUT2D eigenvalue weighted by atomic mass is 16.5. The Morgan fingerprint density at radius 1 is 0.912 bits per heavy atom. The molecule has 168 valence electrons. The number of hydrogen-bond acceptors (Lipinski definition) is 7. The number of amides is 2. The molecule has 34 heavy (non-hydrogen) atoms. The van der Waals surface area contributed by atoms with Crippen molar-refractivity contribution in [3.05, 3.63) is 98.8 Å². The van der Waals surface area contributed by atoms with E-state index in [2.05, 4.69) is 10.3 Å². The van der Waals surface area contributed by atoms with Crippen molar-refractivity contribution >= 4 is 34.4 Å². The van der Waals surface area contributed by atoms with Crippen LogP contribution in [0.5, 0.6) is 0 Å². The second-order valence-corrected chi connectivity index (χ2v) is 7.97. The van der Waals surface area contributed by atoms with Crippen molar-refractivity contribution in [2.75, 3.05) is 4.90 Å². The molecule has 1 aliphatic heterocycles. The number of aryl methyl sites for hydroxylation is 2. The fourth-order valence-electron chi connectivity index (χ4n) is 3.86. The van der Waals surface area contributed by atoms with Gasteiger partial charge in [-0.1, -0.05) is 29.5 Å². The van der Waals surface area contributed by atoms with Crippen molar-refractivity contribution in [2.24, 2.45) is 0 Å². The summed E-state index contributed by atoms with van der Waals surface area (Å²) in [4.78, 5) is 52.3. The van der Waals surface area contributed by atoms with Crippen molar-refractivity contribution < 1.29 is 19.1 Å². The van der Waals surface area contributed by atoms with E-state index in [1.165, 1.54) is 18.2 Å². The molecule has 0 bridgehead atoms. The normalized spacial score (nSPS) is 12.8. The van der Waals surface area contributed by atoms with E-state index in [-0.39, 0.29) is 16.7 Å². The Morgan fingerprint density at radius 2 is 1.68 bits per heavy atom. The standard InChI is InChI=1S/C25H18N4O5/c1-14-7-8-15(2)21(11-14)29-23(31)17-10-9-16(12-19(17)24(29)32)25(33)34-13-28-22(30)18-5-3-4-6-20(18)26-27-28/h3-12H,13H2,1-2H3. The zero-order valence-electron chi connectivity index (χ0n) is 18.3. The highest BCUT2D eigenvalue weighted by molar-refractivity contribution is 6.35. The van der Waals surface area contributed by atoms with Gasteiger partial charge in [0.15, 0.2) is 6.73 Å². The van der Waals surface area contributed by atoms with E-state index in [0.29, 0.717) is 16.6 Å². The van der Waals surface area contributed by atoms with Crippen molar-refractivity contribution in [2.45, 2.75) is 20.6 Å². The summed E-state index contributed by atoms with van der Waals surface area (Å²) < 4.78 is 6.16. The van der Waals surface area contributed by atoms with Crippen LogP contribution in [0.25, 0.3) is 10.9 Å². The van der Waals surface area contributed by atoms with E-state index in [9.17, 15) is 19.2 Å². The molecule has 0 saturated carbocycles. The van der Waals surface area contributed by atoms with Gasteiger partial charge in [0, 0.05) is 0 Å². The first-order chi connectivity index (χ1) is 16.3. The predicted molar refractivity (Wildman–Crippen MR) is 123 cm³/mol. The quantitative estimate of drug-likeness (QED) is 0.344. The topological polar surface area (TPSA) is 111 Å². The van der Waals surface area contributed by atoms with E-state index in [1.807, 2.05) is 26.0 Å². The zero-order valence-corrected chi connectivity index (χ0v) is 18.3. The number of hydrogen-bond donors (Lipinski definition) is 0. The van der Waals surface area contributed by atoms with Crippen molar-refractivity contribution in [3.63, 3.8) is 0 Å². The SMILES string of the molecule is Cc1ccc(C)c(N2C(=O)c3ccc(C(=O)OCn4nnc5ccccc5c4=O)cc3C2=O)c1. The van der Waals surface area contributed by atoms with Crippen molar-refractivity contribution in [1.82, 2.24) is 15.0 Å². The molecule has 0 radical (unpaired) electrons. The van der Waals surface area contributed by atoms with E-state index in [1.54, 1.807) is 30.3 Å². The maximum Gasteiger partial charge on any atom is 0.339 e. The molecule has 0 unspecified atom stereocenters. The van der Waals surface area contributed by atoms with E-state index in [4.69, 9.17) is 4.74 Å². The molecule has 9 nitrogen and oxygen atoms in total. The molecule has 1 aliphatic rings. The van der Waals surface area contributed by atoms with Crippen LogP contribution in [-0.2, 0) is 11.5 Å². The molecule has 0 aliphatic carbocycles. The molecule has 1 aromatic heterocycles. The first kappa shape index (κ1) is 21.2. The summed E-state index contributed by atoms with van der Waals surface area (Å²) in [6.07, 6.45) is 0. The van der Waals surface area contributed by atoms with Crippen LogP contribution in [0.1, 0.15) is 42.2 Å². The molecule has 0 N–H and O–H groups in total. The smallest absolute Gasteiger partial charge is 0.339 e. The van der Waals surface area contributed by atoms with E-state index in [0.717, 1.165) is 20.7 Å². The van der Waals surface area contributed by atoms with Crippen LogP contribution in [0, 0.1) is 13.8 Å². The number of benzene rings is 3. The number of ether oxygens (including phenoxy) is 1. The molecule has 2 heterocycles. The summed E-state index contributed by atoms with van der Waals surface area (Å²) in [5.74, 6) is -1.73.